The number of aliphatic hydroxyl groups is 1. The van der Waals surface area contributed by atoms with Gasteiger partial charge in [-0.2, -0.15) is 0 Å². The lowest BCUT2D eigenvalue weighted by Crippen LogP contribution is -2.54. The van der Waals surface area contributed by atoms with E-state index in [0.29, 0.717) is 35.2 Å². The van der Waals surface area contributed by atoms with Crippen LogP contribution in [0.2, 0.25) is 5.02 Å². The maximum Gasteiger partial charge on any atom is 0.248 e. The van der Waals surface area contributed by atoms with Gasteiger partial charge < -0.3 is 25.4 Å². The molecule has 3 aliphatic heterocycles. The molecule has 3 fully saturated rings. The van der Waals surface area contributed by atoms with Crippen LogP contribution in [0.3, 0.4) is 0 Å². The molecule has 3 amide bonds. The minimum Gasteiger partial charge on any atom is -0.494 e. The number of carbonyl (C=O) groups excluding carboxylic acids is 3. The molecule has 5 rings (SSSR count). The molecule has 6 atom stereocenters. The number of halogens is 1. The van der Waals surface area contributed by atoms with E-state index in [1.165, 1.54) is 4.90 Å². The minimum atomic E-state index is -0.805. The molecule has 3 aliphatic rings. The normalized spacial score (nSPS) is 28.6. The second kappa shape index (κ2) is 10.2. The summed E-state index contributed by atoms with van der Waals surface area (Å²) in [6.07, 6.45) is 1.39. The second-order valence-corrected chi connectivity index (χ2v) is 11.8. The van der Waals surface area contributed by atoms with Gasteiger partial charge in [0.15, 0.2) is 0 Å². The first kappa shape index (κ1) is 25.9. The number of nitrogens with one attached hydrogen (secondary N) is 2. The quantitative estimate of drug-likeness (QED) is 0.467. The number of amides is 3. The van der Waals surface area contributed by atoms with Crippen molar-refractivity contribution in [2.75, 3.05) is 23.8 Å². The van der Waals surface area contributed by atoms with Crippen molar-refractivity contribution in [2.24, 2.45) is 11.8 Å². The van der Waals surface area contributed by atoms with Crippen LogP contribution < -0.4 is 15.4 Å². The van der Waals surface area contributed by atoms with Crippen LogP contribution in [0.4, 0.5) is 11.4 Å². The Morgan fingerprint density at radius 2 is 1.76 bits per heavy atom. The van der Waals surface area contributed by atoms with Crippen LogP contribution in [0.15, 0.2) is 48.5 Å². The molecule has 0 aromatic heterocycles. The van der Waals surface area contributed by atoms with Crippen molar-refractivity contribution in [3.05, 3.63) is 53.6 Å². The van der Waals surface area contributed by atoms with E-state index in [1.807, 2.05) is 6.92 Å². The molecule has 8 nitrogen and oxygen atoms in total. The molecule has 0 aliphatic carbocycles. The molecule has 2 aromatic carbocycles. The van der Waals surface area contributed by atoms with Crippen LogP contribution in [0, 0.1) is 11.8 Å². The van der Waals surface area contributed by atoms with Crippen LogP contribution in [-0.4, -0.2) is 63.0 Å². The molecule has 37 heavy (non-hydrogen) atoms. The Balaban J connectivity index is 1.43. The summed E-state index contributed by atoms with van der Waals surface area (Å²) in [5, 5.41) is 16.4. The molecule has 2 unspecified atom stereocenters. The summed E-state index contributed by atoms with van der Waals surface area (Å²) in [5.41, 5.74) is 1.19. The molecule has 0 radical (unpaired) electrons. The molecule has 3 heterocycles. The van der Waals surface area contributed by atoms with Crippen molar-refractivity contribution >= 4 is 52.5 Å². The van der Waals surface area contributed by atoms with E-state index in [1.54, 1.807) is 67.2 Å². The fourth-order valence-corrected chi connectivity index (χ4v) is 8.36. The lowest BCUT2D eigenvalue weighted by Gasteiger charge is -2.36. The number of thioether (sulfide) groups is 1. The van der Waals surface area contributed by atoms with Gasteiger partial charge in [-0.25, -0.2) is 0 Å². The van der Waals surface area contributed by atoms with Crippen LogP contribution in [-0.2, 0) is 14.4 Å². The zero-order chi connectivity index (χ0) is 26.3. The Bertz CT molecular complexity index is 1190. The topological polar surface area (TPSA) is 108 Å². The van der Waals surface area contributed by atoms with E-state index in [0.717, 1.165) is 6.42 Å². The lowest BCUT2D eigenvalue weighted by atomic mass is 9.70. The molecule has 1 spiro atoms. The maximum atomic E-state index is 13.9. The van der Waals surface area contributed by atoms with Crippen molar-refractivity contribution in [3.8, 4) is 5.75 Å². The highest BCUT2D eigenvalue weighted by Crippen LogP contribution is 2.66. The number of carbonyl (C=O) groups is 3. The molecule has 196 valence electrons. The van der Waals surface area contributed by atoms with Crippen molar-refractivity contribution in [2.45, 2.75) is 48.8 Å². The van der Waals surface area contributed by atoms with Gasteiger partial charge in [0.05, 0.1) is 35.8 Å². The number of aliphatic hydroxyl groups excluding tert-OH is 1. The molecule has 3 N–H and O–H groups in total. The smallest absolute Gasteiger partial charge is 0.248 e. The number of ether oxygens (including phenoxy) is 1. The minimum absolute atomic E-state index is 0.0611. The largest absolute Gasteiger partial charge is 0.494 e. The predicted molar refractivity (Wildman–Crippen MR) is 144 cm³/mol. The maximum absolute atomic E-state index is 13.9. The average molecular weight is 544 g/mol. The molecular formula is C27H30ClN3O5S. The fourth-order valence-electron chi connectivity index (χ4n) is 6.02. The third-order valence-electron chi connectivity index (χ3n) is 7.57. The zero-order valence-corrected chi connectivity index (χ0v) is 22.2. The van der Waals surface area contributed by atoms with E-state index >= 15 is 0 Å². The van der Waals surface area contributed by atoms with Crippen molar-refractivity contribution in [3.63, 3.8) is 0 Å². The van der Waals surface area contributed by atoms with E-state index in [2.05, 4.69) is 10.6 Å². The summed E-state index contributed by atoms with van der Waals surface area (Å²) in [7, 11) is 0. The highest BCUT2D eigenvalue weighted by Gasteiger charge is 2.74. The van der Waals surface area contributed by atoms with Gasteiger partial charge in [0, 0.05) is 21.6 Å². The van der Waals surface area contributed by atoms with Gasteiger partial charge in [-0.15, -0.1) is 11.8 Å². The first-order valence-corrected chi connectivity index (χ1v) is 13.8. The molecule has 2 bridgehead atoms. The summed E-state index contributed by atoms with van der Waals surface area (Å²) in [6, 6.07) is 12.5. The number of fused-ring (bicyclic) bond motifs is 1. The summed E-state index contributed by atoms with van der Waals surface area (Å²) in [4.78, 5) is 42.6. The van der Waals surface area contributed by atoms with Crippen LogP contribution in [0.5, 0.6) is 5.75 Å². The number of benzene rings is 2. The monoisotopic (exact) mass is 543 g/mol. The predicted octanol–water partition coefficient (Wildman–Crippen LogP) is 3.79. The lowest BCUT2D eigenvalue weighted by molar-refractivity contribution is -0.140. The van der Waals surface area contributed by atoms with E-state index in [9.17, 15) is 19.5 Å². The van der Waals surface area contributed by atoms with E-state index in [-0.39, 0.29) is 29.6 Å². The van der Waals surface area contributed by atoms with Crippen molar-refractivity contribution < 1.29 is 24.2 Å². The number of nitrogens with zero attached hydrogens (tertiary/aromatic N) is 1. The van der Waals surface area contributed by atoms with Gasteiger partial charge in [0.1, 0.15) is 11.8 Å². The Labute approximate surface area is 225 Å². The third-order valence-corrected chi connectivity index (χ3v) is 9.78. The zero-order valence-electron chi connectivity index (χ0n) is 20.6. The number of hydrogen-bond donors (Lipinski definition) is 3. The van der Waals surface area contributed by atoms with Crippen molar-refractivity contribution in [1.82, 2.24) is 4.90 Å². The SMILES string of the molecule is CCOc1ccc(NC(=O)[C@@H]2[C@@H]3CCC4(S3)C(C(=O)Nc3ccc(Cl)cc3)N([C@H](C)CO)C(=O)[C@H]24)cc1. The van der Waals surface area contributed by atoms with Gasteiger partial charge in [0.2, 0.25) is 17.7 Å². The number of likely N-dealkylation sites (tertiary alicyclic amines) is 1. The summed E-state index contributed by atoms with van der Waals surface area (Å²) < 4.78 is 4.74. The average Bonchev–Trinajstić information content (AvgIpc) is 3.53. The van der Waals surface area contributed by atoms with Gasteiger partial charge in [-0.3, -0.25) is 14.4 Å². The second-order valence-electron chi connectivity index (χ2n) is 9.78. The number of rotatable bonds is 8. The fraction of sp³-hybridized carbons (Fsp3) is 0.444. The van der Waals surface area contributed by atoms with Crippen molar-refractivity contribution in [1.29, 1.82) is 0 Å². The number of hydrogen-bond acceptors (Lipinski definition) is 6. The highest BCUT2D eigenvalue weighted by atomic mass is 35.5. The molecule has 2 aromatic rings. The Morgan fingerprint density at radius 3 is 2.38 bits per heavy atom. The molecule has 3 saturated heterocycles. The van der Waals surface area contributed by atoms with Crippen LogP contribution in [0.1, 0.15) is 26.7 Å². The van der Waals surface area contributed by atoms with Gasteiger partial charge in [0.25, 0.3) is 0 Å². The summed E-state index contributed by atoms with van der Waals surface area (Å²) >= 11 is 7.57. The molecule has 0 saturated carbocycles. The van der Waals surface area contributed by atoms with Gasteiger partial charge >= 0.3 is 0 Å². The Morgan fingerprint density at radius 1 is 1.14 bits per heavy atom. The third kappa shape index (κ3) is 4.47. The van der Waals surface area contributed by atoms with E-state index < -0.39 is 28.7 Å². The summed E-state index contributed by atoms with van der Waals surface area (Å²) in [6.45, 7) is 3.90. The Hall–Kier alpha value is -2.75. The standard InChI is InChI=1S/C27H30ClN3O5S/c1-3-36-19-10-8-18(9-11-19)29-24(33)21-20-12-13-27(37-20)22(21)26(35)31(15(2)14-32)23(27)25(34)30-17-6-4-16(28)5-7-17/h4-11,15,20-23,32H,3,12-14H2,1-2H3,(H,29,33)(H,30,34)/t15-,20+,21-,22+,23?,27?/m1/s1. The summed E-state index contributed by atoms with van der Waals surface area (Å²) in [5.74, 6) is -1.30. The van der Waals surface area contributed by atoms with Gasteiger partial charge in [-0.1, -0.05) is 11.6 Å². The Kier molecular flexibility index (Phi) is 7.13. The molecular weight excluding hydrogens is 514 g/mol. The highest BCUT2D eigenvalue weighted by molar-refractivity contribution is 8.02. The first-order valence-electron chi connectivity index (χ1n) is 12.5. The molecule has 10 heteroatoms. The van der Waals surface area contributed by atoms with Crippen LogP contribution >= 0.6 is 23.4 Å². The first-order chi connectivity index (χ1) is 17.8. The number of anilines is 2. The van der Waals surface area contributed by atoms with E-state index in [4.69, 9.17) is 16.3 Å². The van der Waals surface area contributed by atoms with Gasteiger partial charge in [-0.05, 0) is 75.2 Å². The van der Waals surface area contributed by atoms with Crippen LogP contribution in [0.25, 0.3) is 0 Å².